The first-order chi connectivity index (χ1) is 10.1. The molecule has 2 rings (SSSR count). The van der Waals surface area contributed by atoms with Crippen molar-refractivity contribution in [1.29, 1.82) is 0 Å². The lowest BCUT2D eigenvalue weighted by Crippen LogP contribution is -2.16. The highest BCUT2D eigenvalue weighted by Crippen LogP contribution is 2.16. The van der Waals surface area contributed by atoms with Crippen molar-refractivity contribution in [2.45, 2.75) is 33.0 Å². The van der Waals surface area contributed by atoms with Crippen molar-refractivity contribution in [3.63, 3.8) is 0 Å². The Balaban J connectivity index is 1.99. The van der Waals surface area contributed by atoms with E-state index < -0.39 is 11.6 Å². The summed E-state index contributed by atoms with van der Waals surface area (Å²) in [6.07, 6.45) is 1.69. The van der Waals surface area contributed by atoms with E-state index in [9.17, 15) is 8.78 Å². The molecule has 112 valence electrons. The quantitative estimate of drug-likeness (QED) is 0.885. The smallest absolute Gasteiger partial charge is 0.218 e. The van der Waals surface area contributed by atoms with Crippen LogP contribution in [0.1, 0.15) is 25.0 Å². The predicted molar refractivity (Wildman–Crippen MR) is 76.9 cm³/mol. The molecular weight excluding hydrogens is 274 g/mol. The molecule has 0 aliphatic carbocycles. The van der Waals surface area contributed by atoms with Crippen LogP contribution in [0.15, 0.2) is 36.5 Å². The second-order valence-corrected chi connectivity index (χ2v) is 4.95. The van der Waals surface area contributed by atoms with E-state index in [0.717, 1.165) is 11.6 Å². The lowest BCUT2D eigenvalue weighted by molar-refractivity contribution is 0.229. The molecule has 0 saturated heterocycles. The van der Waals surface area contributed by atoms with E-state index in [1.54, 1.807) is 12.3 Å². The van der Waals surface area contributed by atoms with Gasteiger partial charge in [0.15, 0.2) is 11.6 Å². The number of hydrogen-bond donors (Lipinski definition) is 1. The number of ether oxygens (including phenoxy) is 1. The highest BCUT2D eigenvalue weighted by molar-refractivity contribution is 5.26. The number of rotatable bonds is 6. The van der Waals surface area contributed by atoms with E-state index >= 15 is 0 Å². The van der Waals surface area contributed by atoms with Crippen LogP contribution in [0.25, 0.3) is 0 Å². The summed E-state index contributed by atoms with van der Waals surface area (Å²) in [5, 5.41) is 3.07. The Bertz CT molecular complexity index is 603. The van der Waals surface area contributed by atoms with Crippen molar-refractivity contribution in [2.24, 2.45) is 0 Å². The van der Waals surface area contributed by atoms with Gasteiger partial charge in [0, 0.05) is 30.4 Å². The van der Waals surface area contributed by atoms with Gasteiger partial charge in [0.25, 0.3) is 0 Å². The monoisotopic (exact) mass is 292 g/mol. The van der Waals surface area contributed by atoms with E-state index in [0.29, 0.717) is 18.0 Å². The second-order valence-electron chi connectivity index (χ2n) is 4.95. The lowest BCUT2D eigenvalue weighted by Gasteiger charge is -2.13. The summed E-state index contributed by atoms with van der Waals surface area (Å²) < 4.78 is 32.2. The average molecular weight is 292 g/mol. The molecule has 1 N–H and O–H groups in total. The van der Waals surface area contributed by atoms with Gasteiger partial charge in [-0.05, 0) is 26.0 Å². The van der Waals surface area contributed by atoms with Gasteiger partial charge >= 0.3 is 0 Å². The Morgan fingerprint density at radius 3 is 2.57 bits per heavy atom. The normalized spacial score (nSPS) is 10.9. The minimum atomic E-state index is -0.834. The third-order valence-corrected chi connectivity index (χ3v) is 2.86. The molecule has 0 radical (unpaired) electrons. The van der Waals surface area contributed by atoms with Gasteiger partial charge in [0.2, 0.25) is 5.88 Å². The van der Waals surface area contributed by atoms with Crippen LogP contribution in [0.3, 0.4) is 0 Å². The molecule has 0 amide bonds. The molecule has 0 bridgehead atoms. The highest BCUT2D eigenvalue weighted by Gasteiger charge is 2.09. The molecule has 3 nitrogen and oxygen atoms in total. The van der Waals surface area contributed by atoms with E-state index in [1.807, 2.05) is 26.0 Å². The number of hydrogen-bond acceptors (Lipinski definition) is 3. The molecule has 0 atom stereocenters. The number of benzene rings is 1. The third kappa shape index (κ3) is 4.23. The first-order valence-electron chi connectivity index (χ1n) is 6.82. The molecule has 1 aromatic carbocycles. The number of halogens is 2. The zero-order valence-electron chi connectivity index (χ0n) is 12.1. The van der Waals surface area contributed by atoms with Gasteiger partial charge in [-0.25, -0.2) is 13.8 Å². The maximum Gasteiger partial charge on any atom is 0.218 e. The van der Waals surface area contributed by atoms with Crippen LogP contribution in [0.5, 0.6) is 5.88 Å². The fourth-order valence-electron chi connectivity index (χ4n) is 1.90. The Morgan fingerprint density at radius 2 is 1.81 bits per heavy atom. The summed E-state index contributed by atoms with van der Waals surface area (Å²) in [5.74, 6) is -1.09. The van der Waals surface area contributed by atoms with Crippen molar-refractivity contribution in [3.05, 3.63) is 59.3 Å². The van der Waals surface area contributed by atoms with Gasteiger partial charge in [-0.15, -0.1) is 0 Å². The fraction of sp³-hybridized carbons (Fsp3) is 0.312. The standard InChI is InChI=1S/C16H18F2N2O/c1-11(2)21-16-13(6-4-8-20-16)10-19-9-12-5-3-7-14(17)15(12)18/h3-8,11,19H,9-10H2,1-2H3. The maximum atomic E-state index is 13.5. The summed E-state index contributed by atoms with van der Waals surface area (Å²) in [6.45, 7) is 4.55. The first-order valence-corrected chi connectivity index (χ1v) is 6.82. The Labute approximate surface area is 123 Å². The van der Waals surface area contributed by atoms with Crippen LogP contribution >= 0.6 is 0 Å². The third-order valence-electron chi connectivity index (χ3n) is 2.86. The molecule has 0 spiro atoms. The van der Waals surface area contributed by atoms with E-state index in [-0.39, 0.29) is 12.6 Å². The minimum Gasteiger partial charge on any atom is -0.475 e. The molecule has 0 aliphatic heterocycles. The minimum absolute atomic E-state index is 0.0271. The molecule has 2 aromatic rings. The lowest BCUT2D eigenvalue weighted by atomic mass is 10.2. The van der Waals surface area contributed by atoms with Gasteiger partial charge in [-0.2, -0.15) is 0 Å². The van der Waals surface area contributed by atoms with Crippen LogP contribution in [-0.2, 0) is 13.1 Å². The maximum absolute atomic E-state index is 13.5. The number of nitrogens with one attached hydrogen (secondary N) is 1. The number of pyridine rings is 1. The highest BCUT2D eigenvalue weighted by atomic mass is 19.2. The van der Waals surface area contributed by atoms with Crippen LogP contribution in [-0.4, -0.2) is 11.1 Å². The van der Waals surface area contributed by atoms with Crippen LogP contribution < -0.4 is 10.1 Å². The fourth-order valence-corrected chi connectivity index (χ4v) is 1.90. The van der Waals surface area contributed by atoms with Crippen molar-refractivity contribution in [1.82, 2.24) is 10.3 Å². The van der Waals surface area contributed by atoms with Gasteiger partial charge < -0.3 is 10.1 Å². The molecule has 5 heteroatoms. The second kappa shape index (κ2) is 7.13. The van der Waals surface area contributed by atoms with E-state index in [2.05, 4.69) is 10.3 Å². The molecule has 0 fully saturated rings. The largest absolute Gasteiger partial charge is 0.475 e. The molecular formula is C16H18F2N2O. The molecule has 0 unspecified atom stereocenters. The van der Waals surface area contributed by atoms with Gasteiger partial charge in [-0.1, -0.05) is 18.2 Å². The Kier molecular flexibility index (Phi) is 5.22. The Hall–Kier alpha value is -2.01. The number of nitrogens with zero attached hydrogens (tertiary/aromatic N) is 1. The first kappa shape index (κ1) is 15.4. The summed E-state index contributed by atoms with van der Waals surface area (Å²) >= 11 is 0. The molecule has 0 aliphatic rings. The zero-order chi connectivity index (χ0) is 15.2. The predicted octanol–water partition coefficient (Wildman–Crippen LogP) is 3.44. The van der Waals surface area contributed by atoms with Crippen molar-refractivity contribution in [2.75, 3.05) is 0 Å². The van der Waals surface area contributed by atoms with E-state index in [4.69, 9.17) is 4.74 Å². The summed E-state index contributed by atoms with van der Waals surface area (Å²) in [7, 11) is 0. The SMILES string of the molecule is CC(C)Oc1ncccc1CNCc1cccc(F)c1F. The van der Waals surface area contributed by atoms with Crippen molar-refractivity contribution < 1.29 is 13.5 Å². The molecule has 1 aromatic heterocycles. The summed E-state index contributed by atoms with van der Waals surface area (Å²) in [5.41, 5.74) is 1.17. The summed E-state index contributed by atoms with van der Waals surface area (Å²) in [4.78, 5) is 4.18. The van der Waals surface area contributed by atoms with Gasteiger partial charge in [-0.3, -0.25) is 0 Å². The van der Waals surface area contributed by atoms with E-state index in [1.165, 1.54) is 6.07 Å². The zero-order valence-corrected chi connectivity index (χ0v) is 12.1. The molecule has 1 heterocycles. The average Bonchev–Trinajstić information content (AvgIpc) is 2.45. The Morgan fingerprint density at radius 1 is 1.10 bits per heavy atom. The van der Waals surface area contributed by atoms with Crippen LogP contribution in [0, 0.1) is 11.6 Å². The topological polar surface area (TPSA) is 34.1 Å². The van der Waals surface area contributed by atoms with Gasteiger partial charge in [0.1, 0.15) is 0 Å². The van der Waals surface area contributed by atoms with Crippen molar-refractivity contribution >= 4 is 0 Å². The molecule has 0 saturated carbocycles. The van der Waals surface area contributed by atoms with Gasteiger partial charge in [0.05, 0.1) is 6.10 Å². The summed E-state index contributed by atoms with van der Waals surface area (Å²) in [6, 6.07) is 7.86. The van der Waals surface area contributed by atoms with Crippen molar-refractivity contribution in [3.8, 4) is 5.88 Å². The number of aromatic nitrogens is 1. The van der Waals surface area contributed by atoms with Crippen LogP contribution in [0.2, 0.25) is 0 Å². The molecule has 21 heavy (non-hydrogen) atoms. The van der Waals surface area contributed by atoms with Crippen LogP contribution in [0.4, 0.5) is 8.78 Å².